The van der Waals surface area contributed by atoms with Crippen molar-refractivity contribution < 1.29 is 13.6 Å². The molecule has 0 aliphatic rings. The number of hydrogen-bond acceptors (Lipinski definition) is 3. The van der Waals surface area contributed by atoms with Crippen LogP contribution in [0.5, 0.6) is 0 Å². The molecule has 0 bridgehead atoms. The molecule has 0 aromatic heterocycles. The highest BCUT2D eigenvalue weighted by molar-refractivity contribution is 7.54. The van der Waals surface area contributed by atoms with E-state index in [9.17, 15) is 4.57 Å². The Bertz CT molecular complexity index is 430. The highest BCUT2D eigenvalue weighted by atomic mass is 31.2. The topological polar surface area (TPSA) is 35.5 Å². The van der Waals surface area contributed by atoms with Gasteiger partial charge in [-0.05, 0) is 26.3 Å². The molecule has 0 saturated heterocycles. The van der Waals surface area contributed by atoms with Gasteiger partial charge in [0.15, 0.2) is 0 Å². The molecular formula is C14H21O3P. The standard InChI is InChI=1S/C14H21O3P/c1-4-16-18(15,17-5-2)11-7-10-14-9-6-8-13(3)12-14/h6-10,12H,4-5,11H2,1-3H3/b10-7+. The van der Waals surface area contributed by atoms with Gasteiger partial charge in [0, 0.05) is 0 Å². The molecule has 0 heterocycles. The summed E-state index contributed by atoms with van der Waals surface area (Å²) in [6, 6.07) is 8.13. The first kappa shape index (κ1) is 15.2. The minimum atomic E-state index is -2.95. The summed E-state index contributed by atoms with van der Waals surface area (Å²) in [7, 11) is -2.95. The van der Waals surface area contributed by atoms with Gasteiger partial charge in [0.25, 0.3) is 0 Å². The van der Waals surface area contributed by atoms with Crippen molar-refractivity contribution in [3.63, 3.8) is 0 Å². The number of rotatable bonds is 7. The van der Waals surface area contributed by atoms with Gasteiger partial charge < -0.3 is 9.05 Å². The third kappa shape index (κ3) is 5.18. The van der Waals surface area contributed by atoms with Crippen LogP contribution in [-0.2, 0) is 13.6 Å². The molecule has 0 atom stereocenters. The van der Waals surface area contributed by atoms with Crippen LogP contribution in [0.25, 0.3) is 6.08 Å². The van der Waals surface area contributed by atoms with Crippen LogP contribution in [0.3, 0.4) is 0 Å². The summed E-state index contributed by atoms with van der Waals surface area (Å²) in [4.78, 5) is 0. The predicted molar refractivity (Wildman–Crippen MR) is 75.9 cm³/mol. The fourth-order valence-corrected chi connectivity index (χ4v) is 3.06. The van der Waals surface area contributed by atoms with Gasteiger partial charge in [-0.3, -0.25) is 4.57 Å². The maximum Gasteiger partial charge on any atom is 0.334 e. The summed E-state index contributed by atoms with van der Waals surface area (Å²) in [5, 5.41) is 0. The second kappa shape index (κ2) is 7.52. The Morgan fingerprint density at radius 3 is 2.44 bits per heavy atom. The van der Waals surface area contributed by atoms with Gasteiger partial charge in [-0.25, -0.2) is 0 Å². The van der Waals surface area contributed by atoms with Gasteiger partial charge in [0.2, 0.25) is 0 Å². The Kier molecular flexibility index (Phi) is 6.34. The SMILES string of the molecule is CCOP(=O)(C/C=C/c1cccc(C)c1)OCC. The fraction of sp³-hybridized carbons (Fsp3) is 0.429. The number of hydrogen-bond donors (Lipinski definition) is 0. The third-order valence-corrected chi connectivity index (χ3v) is 4.29. The summed E-state index contributed by atoms with van der Waals surface area (Å²) in [6.07, 6.45) is 4.10. The second-order valence-corrected chi connectivity index (χ2v) is 6.05. The molecule has 0 aliphatic heterocycles. The number of benzene rings is 1. The molecule has 0 amide bonds. The summed E-state index contributed by atoms with van der Waals surface area (Å²) >= 11 is 0. The van der Waals surface area contributed by atoms with Gasteiger partial charge in [-0.2, -0.15) is 0 Å². The smallest absolute Gasteiger partial charge is 0.309 e. The molecule has 0 spiro atoms. The molecule has 0 N–H and O–H groups in total. The van der Waals surface area contributed by atoms with Crippen LogP contribution in [0.1, 0.15) is 25.0 Å². The lowest BCUT2D eigenvalue weighted by Gasteiger charge is -2.14. The third-order valence-electron chi connectivity index (χ3n) is 2.33. The van der Waals surface area contributed by atoms with Crippen LogP contribution in [0.2, 0.25) is 0 Å². The van der Waals surface area contributed by atoms with Gasteiger partial charge in [-0.1, -0.05) is 42.0 Å². The quantitative estimate of drug-likeness (QED) is 0.692. The minimum absolute atomic E-state index is 0.308. The van der Waals surface area contributed by atoms with E-state index >= 15 is 0 Å². The Labute approximate surface area is 109 Å². The molecule has 0 aliphatic carbocycles. The van der Waals surface area contributed by atoms with Crippen LogP contribution in [0, 0.1) is 6.92 Å². The van der Waals surface area contributed by atoms with E-state index in [1.165, 1.54) is 5.56 Å². The molecule has 0 unspecified atom stereocenters. The monoisotopic (exact) mass is 268 g/mol. The Balaban J connectivity index is 2.64. The van der Waals surface area contributed by atoms with Crippen molar-refractivity contribution in [2.75, 3.05) is 19.4 Å². The van der Waals surface area contributed by atoms with E-state index in [1.54, 1.807) is 0 Å². The van der Waals surface area contributed by atoms with Crippen LogP contribution in [0.15, 0.2) is 30.3 Å². The average Bonchev–Trinajstić information content (AvgIpc) is 2.29. The highest BCUT2D eigenvalue weighted by Crippen LogP contribution is 2.47. The summed E-state index contributed by atoms with van der Waals surface area (Å²) in [5.74, 6) is 0. The lowest BCUT2D eigenvalue weighted by molar-refractivity contribution is 0.222. The molecule has 1 aromatic rings. The Hall–Kier alpha value is -0.890. The van der Waals surface area contributed by atoms with Crippen molar-refractivity contribution >= 4 is 13.7 Å². The van der Waals surface area contributed by atoms with Gasteiger partial charge in [-0.15, -0.1) is 0 Å². The van der Waals surface area contributed by atoms with Crippen LogP contribution in [-0.4, -0.2) is 19.4 Å². The lowest BCUT2D eigenvalue weighted by atomic mass is 10.1. The molecule has 18 heavy (non-hydrogen) atoms. The van der Waals surface area contributed by atoms with Crippen molar-refractivity contribution in [2.24, 2.45) is 0 Å². The normalized spacial score (nSPS) is 12.2. The zero-order valence-corrected chi connectivity index (χ0v) is 12.2. The van der Waals surface area contributed by atoms with Crippen LogP contribution in [0.4, 0.5) is 0 Å². The summed E-state index contributed by atoms with van der Waals surface area (Å²) < 4.78 is 22.6. The van der Waals surface area contributed by atoms with E-state index in [1.807, 2.05) is 51.1 Å². The molecule has 0 fully saturated rings. The van der Waals surface area contributed by atoms with Gasteiger partial charge in [0.1, 0.15) is 0 Å². The molecule has 1 aromatic carbocycles. The predicted octanol–water partition coefficient (Wildman–Crippen LogP) is 4.27. The molecular weight excluding hydrogens is 247 g/mol. The number of aryl methyl sites for hydroxylation is 1. The molecule has 0 radical (unpaired) electrons. The first-order valence-electron chi connectivity index (χ1n) is 6.21. The fourth-order valence-electron chi connectivity index (χ4n) is 1.63. The van der Waals surface area contributed by atoms with Gasteiger partial charge >= 0.3 is 7.60 Å². The van der Waals surface area contributed by atoms with E-state index in [-0.39, 0.29) is 0 Å². The summed E-state index contributed by atoms with van der Waals surface area (Å²) in [5.41, 5.74) is 2.30. The zero-order chi connectivity index (χ0) is 13.4. The highest BCUT2D eigenvalue weighted by Gasteiger charge is 2.20. The maximum atomic E-state index is 12.2. The molecule has 3 nitrogen and oxygen atoms in total. The van der Waals surface area contributed by atoms with Crippen LogP contribution < -0.4 is 0 Å². The van der Waals surface area contributed by atoms with E-state index < -0.39 is 7.60 Å². The largest absolute Gasteiger partial charge is 0.334 e. The molecule has 4 heteroatoms. The Morgan fingerprint density at radius 1 is 1.22 bits per heavy atom. The average molecular weight is 268 g/mol. The van der Waals surface area contributed by atoms with E-state index in [2.05, 4.69) is 6.07 Å². The van der Waals surface area contributed by atoms with Crippen molar-refractivity contribution in [2.45, 2.75) is 20.8 Å². The Morgan fingerprint density at radius 2 is 1.89 bits per heavy atom. The van der Waals surface area contributed by atoms with Crippen molar-refractivity contribution in [3.05, 3.63) is 41.5 Å². The van der Waals surface area contributed by atoms with Gasteiger partial charge in [0.05, 0.1) is 19.4 Å². The van der Waals surface area contributed by atoms with Crippen molar-refractivity contribution in [1.82, 2.24) is 0 Å². The van der Waals surface area contributed by atoms with E-state index in [0.717, 1.165) is 5.56 Å². The van der Waals surface area contributed by atoms with Crippen molar-refractivity contribution in [1.29, 1.82) is 0 Å². The number of allylic oxidation sites excluding steroid dienone is 1. The zero-order valence-electron chi connectivity index (χ0n) is 11.3. The van der Waals surface area contributed by atoms with E-state index in [0.29, 0.717) is 19.4 Å². The first-order valence-corrected chi connectivity index (χ1v) is 7.94. The first-order chi connectivity index (χ1) is 8.59. The van der Waals surface area contributed by atoms with E-state index in [4.69, 9.17) is 9.05 Å². The van der Waals surface area contributed by atoms with Crippen LogP contribution >= 0.6 is 7.60 Å². The minimum Gasteiger partial charge on any atom is -0.309 e. The molecule has 100 valence electrons. The maximum absolute atomic E-state index is 12.2. The molecule has 0 saturated carbocycles. The molecule has 1 rings (SSSR count). The second-order valence-electron chi connectivity index (χ2n) is 3.95. The summed E-state index contributed by atoms with van der Waals surface area (Å²) in [6.45, 7) is 6.47. The van der Waals surface area contributed by atoms with Crippen molar-refractivity contribution in [3.8, 4) is 0 Å². The lowest BCUT2D eigenvalue weighted by Crippen LogP contribution is -1.98.